The van der Waals surface area contributed by atoms with Crippen molar-refractivity contribution in [2.24, 2.45) is 5.92 Å². The van der Waals surface area contributed by atoms with Gasteiger partial charge < -0.3 is 14.4 Å². The van der Waals surface area contributed by atoms with E-state index in [0.29, 0.717) is 17.9 Å². The molecular weight excluding hydrogens is 448 g/mol. The van der Waals surface area contributed by atoms with E-state index in [-0.39, 0.29) is 29.8 Å². The first-order chi connectivity index (χ1) is 14.6. The SMILES string of the molecule is O=C1C2=C(OC3CCCCC13)C(=O)N(CCN1CCOCC1)C2c1cccc(Br)c1. The Morgan fingerprint density at radius 2 is 1.87 bits per heavy atom. The van der Waals surface area contributed by atoms with Crippen molar-refractivity contribution in [3.63, 3.8) is 0 Å². The Kier molecular flexibility index (Phi) is 5.69. The summed E-state index contributed by atoms with van der Waals surface area (Å²) in [5.74, 6) is 0.169. The second kappa shape index (κ2) is 8.44. The number of rotatable bonds is 4. The molecule has 3 unspecified atom stereocenters. The topological polar surface area (TPSA) is 59.1 Å². The molecule has 3 heterocycles. The van der Waals surface area contributed by atoms with Crippen LogP contribution in [0.25, 0.3) is 0 Å². The van der Waals surface area contributed by atoms with Crippen LogP contribution in [0.1, 0.15) is 37.3 Å². The van der Waals surface area contributed by atoms with E-state index in [2.05, 4.69) is 20.8 Å². The molecule has 4 aliphatic rings. The summed E-state index contributed by atoms with van der Waals surface area (Å²) >= 11 is 3.55. The zero-order valence-electron chi connectivity index (χ0n) is 17.0. The number of fused-ring (bicyclic) bond motifs is 1. The van der Waals surface area contributed by atoms with Gasteiger partial charge in [0.05, 0.1) is 30.7 Å². The van der Waals surface area contributed by atoms with E-state index in [0.717, 1.165) is 68.6 Å². The summed E-state index contributed by atoms with van der Waals surface area (Å²) in [6, 6.07) is 7.56. The molecule has 3 atom stereocenters. The molecule has 1 saturated carbocycles. The smallest absolute Gasteiger partial charge is 0.290 e. The number of Topliss-reactive ketones (excluding diaryl/α,β-unsaturated/α-hetero) is 1. The van der Waals surface area contributed by atoms with Crippen LogP contribution >= 0.6 is 15.9 Å². The van der Waals surface area contributed by atoms with Crippen LogP contribution < -0.4 is 0 Å². The molecular formula is C23H27BrN2O4. The molecule has 3 aliphatic heterocycles. The number of carbonyl (C=O) groups excluding carboxylic acids is 2. The molecule has 5 rings (SSSR count). The molecule has 1 aliphatic carbocycles. The Balaban J connectivity index is 1.48. The van der Waals surface area contributed by atoms with E-state index in [1.807, 2.05) is 29.2 Å². The quantitative estimate of drug-likeness (QED) is 0.670. The standard InChI is InChI=1S/C23H27BrN2O4/c24-16-5-3-4-15(14-16)20-19-21(27)17-6-1-2-7-18(17)30-22(19)23(28)26(20)9-8-25-10-12-29-13-11-25/h3-5,14,17-18,20H,1-2,6-13H2. The van der Waals surface area contributed by atoms with Gasteiger partial charge in [-0.15, -0.1) is 0 Å². The Hall–Kier alpha value is -1.70. The lowest BCUT2D eigenvalue weighted by molar-refractivity contribution is -0.135. The summed E-state index contributed by atoms with van der Waals surface area (Å²) in [5.41, 5.74) is 1.53. The molecule has 1 saturated heterocycles. The fourth-order valence-electron chi connectivity index (χ4n) is 5.22. The summed E-state index contributed by atoms with van der Waals surface area (Å²) in [6.07, 6.45) is 3.68. The molecule has 0 radical (unpaired) electrons. The average molecular weight is 475 g/mol. The number of halogens is 1. The van der Waals surface area contributed by atoms with Gasteiger partial charge in [0.25, 0.3) is 5.91 Å². The molecule has 6 nitrogen and oxygen atoms in total. The van der Waals surface area contributed by atoms with Crippen molar-refractivity contribution in [1.82, 2.24) is 9.80 Å². The van der Waals surface area contributed by atoms with Gasteiger partial charge in [-0.2, -0.15) is 0 Å². The molecule has 0 spiro atoms. The zero-order valence-corrected chi connectivity index (χ0v) is 18.6. The number of amides is 1. The Bertz CT molecular complexity index is 880. The number of hydrogen-bond donors (Lipinski definition) is 0. The van der Waals surface area contributed by atoms with Gasteiger partial charge in [0.15, 0.2) is 11.5 Å². The van der Waals surface area contributed by atoms with E-state index < -0.39 is 0 Å². The van der Waals surface area contributed by atoms with Gasteiger partial charge >= 0.3 is 0 Å². The normalized spacial score (nSPS) is 29.6. The van der Waals surface area contributed by atoms with E-state index in [1.54, 1.807) is 0 Å². The number of hydrogen-bond acceptors (Lipinski definition) is 5. The molecule has 1 aromatic rings. The summed E-state index contributed by atoms with van der Waals surface area (Å²) in [5, 5.41) is 0. The number of carbonyl (C=O) groups is 2. The first-order valence-corrected chi connectivity index (χ1v) is 11.7. The highest BCUT2D eigenvalue weighted by atomic mass is 79.9. The summed E-state index contributed by atoms with van der Waals surface area (Å²) in [7, 11) is 0. The fourth-order valence-corrected chi connectivity index (χ4v) is 5.64. The Labute approximate surface area is 185 Å². The molecule has 160 valence electrons. The number of ether oxygens (including phenoxy) is 2. The number of morpholine rings is 1. The van der Waals surface area contributed by atoms with Crippen LogP contribution in [0, 0.1) is 5.92 Å². The molecule has 0 N–H and O–H groups in total. The van der Waals surface area contributed by atoms with Crippen molar-refractivity contribution in [3.8, 4) is 0 Å². The second-order valence-electron chi connectivity index (χ2n) is 8.56. The zero-order chi connectivity index (χ0) is 20.7. The third-order valence-electron chi connectivity index (χ3n) is 6.78. The van der Waals surface area contributed by atoms with Crippen molar-refractivity contribution >= 4 is 27.6 Å². The summed E-state index contributed by atoms with van der Waals surface area (Å²) < 4.78 is 12.6. The molecule has 0 bridgehead atoms. The lowest BCUT2D eigenvalue weighted by Crippen LogP contribution is -2.43. The van der Waals surface area contributed by atoms with Crippen LogP contribution in [0.5, 0.6) is 0 Å². The van der Waals surface area contributed by atoms with Gasteiger partial charge in [-0.25, -0.2) is 0 Å². The van der Waals surface area contributed by atoms with Crippen molar-refractivity contribution in [3.05, 3.63) is 45.6 Å². The van der Waals surface area contributed by atoms with Gasteiger partial charge in [0.2, 0.25) is 0 Å². The van der Waals surface area contributed by atoms with Crippen LogP contribution in [-0.4, -0.2) is 67.0 Å². The van der Waals surface area contributed by atoms with Crippen molar-refractivity contribution in [2.75, 3.05) is 39.4 Å². The van der Waals surface area contributed by atoms with Gasteiger partial charge in [-0.05, 0) is 37.0 Å². The minimum absolute atomic E-state index is 0.112. The van der Waals surface area contributed by atoms with Crippen molar-refractivity contribution < 1.29 is 19.1 Å². The molecule has 2 fully saturated rings. The highest BCUT2D eigenvalue weighted by Crippen LogP contribution is 2.46. The molecule has 30 heavy (non-hydrogen) atoms. The summed E-state index contributed by atoms with van der Waals surface area (Å²) in [4.78, 5) is 31.1. The van der Waals surface area contributed by atoms with E-state index in [4.69, 9.17) is 9.47 Å². The van der Waals surface area contributed by atoms with Crippen LogP contribution in [0.4, 0.5) is 0 Å². The molecule has 1 amide bonds. The highest BCUT2D eigenvalue weighted by Gasteiger charge is 2.51. The number of benzene rings is 1. The number of nitrogens with zero attached hydrogens (tertiary/aromatic N) is 2. The molecule has 7 heteroatoms. The Morgan fingerprint density at radius 1 is 1.07 bits per heavy atom. The lowest BCUT2D eigenvalue weighted by Gasteiger charge is -2.35. The van der Waals surface area contributed by atoms with Crippen molar-refractivity contribution in [2.45, 2.75) is 37.8 Å². The second-order valence-corrected chi connectivity index (χ2v) is 9.48. The first-order valence-electron chi connectivity index (χ1n) is 10.9. The largest absolute Gasteiger partial charge is 0.483 e. The van der Waals surface area contributed by atoms with Crippen LogP contribution in [-0.2, 0) is 19.1 Å². The lowest BCUT2D eigenvalue weighted by atomic mass is 9.77. The van der Waals surface area contributed by atoms with Gasteiger partial charge in [-0.3, -0.25) is 14.5 Å². The minimum Gasteiger partial charge on any atom is -0.483 e. The maximum Gasteiger partial charge on any atom is 0.290 e. The van der Waals surface area contributed by atoms with Gasteiger partial charge in [0, 0.05) is 30.7 Å². The molecule has 0 aromatic heterocycles. The van der Waals surface area contributed by atoms with Crippen LogP contribution in [0.3, 0.4) is 0 Å². The third-order valence-corrected chi connectivity index (χ3v) is 7.28. The molecule has 1 aromatic carbocycles. The third kappa shape index (κ3) is 3.61. The van der Waals surface area contributed by atoms with Crippen LogP contribution in [0.2, 0.25) is 0 Å². The average Bonchev–Trinajstić information content (AvgIpc) is 3.05. The number of ketones is 1. The monoisotopic (exact) mass is 474 g/mol. The van der Waals surface area contributed by atoms with Gasteiger partial charge in [0.1, 0.15) is 6.10 Å². The maximum absolute atomic E-state index is 13.6. The van der Waals surface area contributed by atoms with E-state index >= 15 is 0 Å². The van der Waals surface area contributed by atoms with E-state index in [9.17, 15) is 9.59 Å². The van der Waals surface area contributed by atoms with Crippen LogP contribution in [0.15, 0.2) is 40.1 Å². The predicted molar refractivity (Wildman–Crippen MR) is 115 cm³/mol. The first kappa shape index (κ1) is 20.2. The highest BCUT2D eigenvalue weighted by molar-refractivity contribution is 9.10. The fraction of sp³-hybridized carbons (Fsp3) is 0.565. The predicted octanol–water partition coefficient (Wildman–Crippen LogP) is 3.08. The van der Waals surface area contributed by atoms with Crippen molar-refractivity contribution in [1.29, 1.82) is 0 Å². The summed E-state index contributed by atoms with van der Waals surface area (Å²) in [6.45, 7) is 4.52. The minimum atomic E-state index is -0.374. The maximum atomic E-state index is 13.6. The van der Waals surface area contributed by atoms with Gasteiger partial charge in [-0.1, -0.05) is 34.5 Å². The van der Waals surface area contributed by atoms with E-state index in [1.165, 1.54) is 0 Å². The Morgan fingerprint density at radius 3 is 2.67 bits per heavy atom.